The molecular weight excluding hydrogens is 254 g/mol. The topological polar surface area (TPSA) is 60.2 Å². The van der Waals surface area contributed by atoms with Crippen molar-refractivity contribution in [1.82, 2.24) is 14.8 Å². The fourth-order valence-electron chi connectivity index (χ4n) is 2.17. The maximum Gasteiger partial charge on any atom is 0.138 e. The van der Waals surface area contributed by atoms with Crippen molar-refractivity contribution in [3.63, 3.8) is 0 Å². The standard InChI is InChI=1S/C15H21N3O2/c1-3-9-18-15(16-11-17-18)10-13(19)12-7-5-6-8-14(12)20-4-2/h5-8,11,13,19H,3-4,9-10H2,1-2H3. The summed E-state index contributed by atoms with van der Waals surface area (Å²) >= 11 is 0. The Morgan fingerprint density at radius 2 is 2.10 bits per heavy atom. The second-order valence-corrected chi connectivity index (χ2v) is 4.59. The number of benzene rings is 1. The fraction of sp³-hybridized carbons (Fsp3) is 0.467. The summed E-state index contributed by atoms with van der Waals surface area (Å²) in [7, 11) is 0. The van der Waals surface area contributed by atoms with E-state index in [1.165, 1.54) is 6.33 Å². The van der Waals surface area contributed by atoms with Gasteiger partial charge in [0.05, 0.1) is 12.7 Å². The molecule has 5 heteroatoms. The molecule has 5 nitrogen and oxygen atoms in total. The van der Waals surface area contributed by atoms with Crippen LogP contribution in [-0.4, -0.2) is 26.5 Å². The first kappa shape index (κ1) is 14.5. The summed E-state index contributed by atoms with van der Waals surface area (Å²) in [5.41, 5.74) is 0.792. The summed E-state index contributed by atoms with van der Waals surface area (Å²) in [5, 5.41) is 14.6. The van der Waals surface area contributed by atoms with Crippen LogP contribution >= 0.6 is 0 Å². The Bertz CT molecular complexity index is 539. The molecule has 1 N–H and O–H groups in total. The van der Waals surface area contributed by atoms with Gasteiger partial charge in [-0.15, -0.1) is 0 Å². The first-order chi connectivity index (χ1) is 9.76. The highest BCUT2D eigenvalue weighted by atomic mass is 16.5. The smallest absolute Gasteiger partial charge is 0.138 e. The zero-order valence-corrected chi connectivity index (χ0v) is 12.0. The van der Waals surface area contributed by atoms with Crippen molar-refractivity contribution in [3.05, 3.63) is 42.0 Å². The Kier molecular flexibility index (Phi) is 5.12. The van der Waals surface area contributed by atoms with Crippen LogP contribution in [0.2, 0.25) is 0 Å². The number of aliphatic hydroxyl groups excluding tert-OH is 1. The molecule has 0 aliphatic rings. The summed E-state index contributed by atoms with van der Waals surface area (Å²) in [5.74, 6) is 1.52. The van der Waals surface area contributed by atoms with E-state index in [1.807, 2.05) is 35.9 Å². The average Bonchev–Trinajstić information content (AvgIpc) is 2.87. The molecule has 1 atom stereocenters. The van der Waals surface area contributed by atoms with Gasteiger partial charge in [-0.3, -0.25) is 4.68 Å². The van der Waals surface area contributed by atoms with Gasteiger partial charge in [0.25, 0.3) is 0 Å². The molecule has 2 aromatic rings. The van der Waals surface area contributed by atoms with Crippen LogP contribution in [-0.2, 0) is 13.0 Å². The summed E-state index contributed by atoms with van der Waals surface area (Å²) in [6, 6.07) is 7.56. The van der Waals surface area contributed by atoms with Crippen molar-refractivity contribution in [3.8, 4) is 5.75 Å². The van der Waals surface area contributed by atoms with Crippen molar-refractivity contribution in [2.45, 2.75) is 39.3 Å². The lowest BCUT2D eigenvalue weighted by Crippen LogP contribution is -2.11. The van der Waals surface area contributed by atoms with Crippen LogP contribution in [0.1, 0.15) is 37.8 Å². The van der Waals surface area contributed by atoms with Gasteiger partial charge >= 0.3 is 0 Å². The quantitative estimate of drug-likeness (QED) is 0.842. The lowest BCUT2D eigenvalue weighted by Gasteiger charge is -2.15. The first-order valence-corrected chi connectivity index (χ1v) is 7.02. The highest BCUT2D eigenvalue weighted by molar-refractivity contribution is 5.35. The van der Waals surface area contributed by atoms with Crippen LogP contribution in [0.4, 0.5) is 0 Å². The number of para-hydroxylation sites is 1. The van der Waals surface area contributed by atoms with Crippen molar-refractivity contribution >= 4 is 0 Å². The molecule has 0 saturated carbocycles. The van der Waals surface area contributed by atoms with Crippen molar-refractivity contribution in [1.29, 1.82) is 0 Å². The summed E-state index contributed by atoms with van der Waals surface area (Å²) in [6.45, 7) is 5.41. The van der Waals surface area contributed by atoms with E-state index in [0.29, 0.717) is 13.0 Å². The monoisotopic (exact) mass is 275 g/mol. The van der Waals surface area contributed by atoms with Crippen molar-refractivity contribution in [2.75, 3.05) is 6.61 Å². The van der Waals surface area contributed by atoms with Gasteiger partial charge in [0, 0.05) is 18.5 Å². The normalized spacial score (nSPS) is 12.3. The number of nitrogens with zero attached hydrogens (tertiary/aromatic N) is 3. The largest absolute Gasteiger partial charge is 0.493 e. The molecule has 0 aliphatic carbocycles. The molecule has 0 aliphatic heterocycles. The van der Waals surface area contributed by atoms with E-state index in [4.69, 9.17) is 4.74 Å². The minimum atomic E-state index is -0.641. The van der Waals surface area contributed by atoms with Gasteiger partial charge in [-0.1, -0.05) is 25.1 Å². The van der Waals surface area contributed by atoms with Crippen LogP contribution in [0.5, 0.6) is 5.75 Å². The van der Waals surface area contributed by atoms with E-state index < -0.39 is 6.10 Å². The number of rotatable bonds is 7. The third-order valence-corrected chi connectivity index (χ3v) is 3.08. The van der Waals surface area contributed by atoms with Gasteiger partial charge in [-0.25, -0.2) is 4.98 Å². The van der Waals surface area contributed by atoms with Gasteiger partial charge in [-0.2, -0.15) is 5.10 Å². The molecule has 0 fully saturated rings. The molecule has 0 amide bonds. The maximum absolute atomic E-state index is 10.4. The Balaban J connectivity index is 2.15. The Morgan fingerprint density at radius 3 is 2.85 bits per heavy atom. The van der Waals surface area contributed by atoms with E-state index in [2.05, 4.69) is 17.0 Å². The molecule has 1 heterocycles. The molecule has 0 bridgehead atoms. The number of aromatic nitrogens is 3. The minimum absolute atomic E-state index is 0.435. The third kappa shape index (κ3) is 3.36. The summed E-state index contributed by atoms with van der Waals surface area (Å²) in [4.78, 5) is 4.23. The van der Waals surface area contributed by atoms with E-state index >= 15 is 0 Å². The van der Waals surface area contributed by atoms with Gasteiger partial charge in [-0.05, 0) is 19.4 Å². The molecule has 0 radical (unpaired) electrons. The van der Waals surface area contributed by atoms with Gasteiger partial charge in [0.15, 0.2) is 0 Å². The molecule has 2 rings (SSSR count). The number of hydrogen-bond acceptors (Lipinski definition) is 4. The Morgan fingerprint density at radius 1 is 1.30 bits per heavy atom. The SMILES string of the molecule is CCCn1ncnc1CC(O)c1ccccc1OCC. The Hall–Kier alpha value is -1.88. The Labute approximate surface area is 119 Å². The minimum Gasteiger partial charge on any atom is -0.493 e. The zero-order chi connectivity index (χ0) is 14.4. The molecule has 108 valence electrons. The number of aliphatic hydroxyl groups is 1. The molecule has 1 aromatic carbocycles. The third-order valence-electron chi connectivity index (χ3n) is 3.08. The number of ether oxygens (including phenoxy) is 1. The number of hydrogen-bond donors (Lipinski definition) is 1. The summed E-state index contributed by atoms with van der Waals surface area (Å²) < 4.78 is 7.39. The lowest BCUT2D eigenvalue weighted by atomic mass is 10.1. The number of aryl methyl sites for hydroxylation is 1. The zero-order valence-electron chi connectivity index (χ0n) is 12.0. The average molecular weight is 275 g/mol. The molecule has 0 spiro atoms. The van der Waals surface area contributed by atoms with Crippen LogP contribution in [0.15, 0.2) is 30.6 Å². The predicted octanol–water partition coefficient (Wildman–Crippen LogP) is 2.36. The highest BCUT2D eigenvalue weighted by Crippen LogP contribution is 2.27. The molecular formula is C15H21N3O2. The van der Waals surface area contributed by atoms with E-state index in [1.54, 1.807) is 0 Å². The molecule has 20 heavy (non-hydrogen) atoms. The van der Waals surface area contributed by atoms with Gasteiger partial charge < -0.3 is 9.84 Å². The van der Waals surface area contributed by atoms with Crippen LogP contribution in [0.3, 0.4) is 0 Å². The van der Waals surface area contributed by atoms with Crippen molar-refractivity contribution in [2.24, 2.45) is 0 Å². The highest BCUT2D eigenvalue weighted by Gasteiger charge is 2.16. The van der Waals surface area contributed by atoms with Crippen molar-refractivity contribution < 1.29 is 9.84 Å². The molecule has 0 saturated heterocycles. The lowest BCUT2D eigenvalue weighted by molar-refractivity contribution is 0.168. The molecule has 1 aromatic heterocycles. The van der Waals surface area contributed by atoms with Crippen LogP contribution in [0.25, 0.3) is 0 Å². The van der Waals surface area contributed by atoms with Crippen LogP contribution in [0, 0.1) is 0 Å². The fourth-order valence-corrected chi connectivity index (χ4v) is 2.17. The second-order valence-electron chi connectivity index (χ2n) is 4.59. The second kappa shape index (κ2) is 7.05. The first-order valence-electron chi connectivity index (χ1n) is 7.02. The predicted molar refractivity (Wildman–Crippen MR) is 76.6 cm³/mol. The van der Waals surface area contributed by atoms with Gasteiger partial charge in [0.1, 0.15) is 17.9 Å². The van der Waals surface area contributed by atoms with Crippen LogP contribution < -0.4 is 4.74 Å². The maximum atomic E-state index is 10.4. The van der Waals surface area contributed by atoms with Gasteiger partial charge in [0.2, 0.25) is 0 Å². The van der Waals surface area contributed by atoms with E-state index in [9.17, 15) is 5.11 Å². The molecule has 1 unspecified atom stereocenters. The van der Waals surface area contributed by atoms with E-state index in [-0.39, 0.29) is 0 Å². The van der Waals surface area contributed by atoms with E-state index in [0.717, 1.165) is 30.1 Å². The summed E-state index contributed by atoms with van der Waals surface area (Å²) in [6.07, 6.45) is 2.32.